The zero-order valence-electron chi connectivity index (χ0n) is 14.3. The zero-order valence-corrected chi connectivity index (χ0v) is 14.3. The Hall–Kier alpha value is -2.37. The van der Waals surface area contributed by atoms with Gasteiger partial charge in [-0.3, -0.25) is 14.4 Å². The standard InChI is InChI=1S/C18H23NO5/c1-4-23-16(21)18(17(22)24-5-2)11-15(20)19(12-18)13(3)14-9-7-6-8-10-14/h6-10,13H,4-5,11-12H2,1-3H3/t13-/m1/s1. The minimum Gasteiger partial charge on any atom is -0.465 e. The molecule has 0 N–H and O–H groups in total. The van der Waals surface area contributed by atoms with Crippen molar-refractivity contribution in [2.45, 2.75) is 33.2 Å². The maximum Gasteiger partial charge on any atom is 0.325 e. The van der Waals surface area contributed by atoms with Gasteiger partial charge in [0.2, 0.25) is 5.91 Å². The van der Waals surface area contributed by atoms with E-state index in [9.17, 15) is 14.4 Å². The van der Waals surface area contributed by atoms with E-state index in [1.54, 1.807) is 18.7 Å². The van der Waals surface area contributed by atoms with Crippen molar-refractivity contribution in [3.05, 3.63) is 35.9 Å². The third kappa shape index (κ3) is 3.27. The number of likely N-dealkylation sites (tertiary alicyclic amines) is 1. The molecule has 2 rings (SSSR count). The molecule has 1 fully saturated rings. The minimum absolute atomic E-state index is 0.0282. The molecule has 1 heterocycles. The smallest absolute Gasteiger partial charge is 0.325 e. The van der Waals surface area contributed by atoms with Crippen molar-refractivity contribution in [2.24, 2.45) is 5.41 Å². The van der Waals surface area contributed by atoms with Crippen LogP contribution in [0.3, 0.4) is 0 Å². The maximum absolute atomic E-state index is 12.5. The SMILES string of the molecule is CCOC(=O)C1(C(=O)OCC)CC(=O)N([C@H](C)c2ccccc2)C1. The molecular formula is C18H23NO5. The second kappa shape index (κ2) is 7.47. The van der Waals surface area contributed by atoms with Crippen LogP contribution in [0, 0.1) is 5.41 Å². The van der Waals surface area contributed by atoms with Gasteiger partial charge in [-0.1, -0.05) is 30.3 Å². The average Bonchev–Trinajstić information content (AvgIpc) is 2.94. The summed E-state index contributed by atoms with van der Waals surface area (Å²) in [7, 11) is 0. The first-order valence-corrected chi connectivity index (χ1v) is 8.15. The van der Waals surface area contributed by atoms with Crippen molar-refractivity contribution in [1.29, 1.82) is 0 Å². The van der Waals surface area contributed by atoms with E-state index in [0.717, 1.165) is 5.56 Å². The summed E-state index contributed by atoms with van der Waals surface area (Å²) in [5, 5.41) is 0. The van der Waals surface area contributed by atoms with E-state index in [4.69, 9.17) is 9.47 Å². The van der Waals surface area contributed by atoms with Crippen molar-refractivity contribution < 1.29 is 23.9 Å². The minimum atomic E-state index is -1.58. The van der Waals surface area contributed by atoms with Crippen molar-refractivity contribution in [1.82, 2.24) is 4.90 Å². The topological polar surface area (TPSA) is 72.9 Å². The van der Waals surface area contributed by atoms with Gasteiger partial charge in [0.1, 0.15) is 0 Å². The van der Waals surface area contributed by atoms with Gasteiger partial charge in [0.25, 0.3) is 0 Å². The Balaban J connectivity index is 2.30. The maximum atomic E-state index is 12.5. The highest BCUT2D eigenvalue weighted by molar-refractivity contribution is 6.06. The van der Waals surface area contributed by atoms with Gasteiger partial charge in [-0.15, -0.1) is 0 Å². The fraction of sp³-hybridized carbons (Fsp3) is 0.500. The Labute approximate surface area is 141 Å². The molecule has 0 bridgehead atoms. The normalized spacial score (nSPS) is 17.5. The third-order valence-corrected chi connectivity index (χ3v) is 4.30. The summed E-state index contributed by atoms with van der Waals surface area (Å²) >= 11 is 0. The summed E-state index contributed by atoms with van der Waals surface area (Å²) in [5.41, 5.74) is -0.638. The average molecular weight is 333 g/mol. The summed E-state index contributed by atoms with van der Waals surface area (Å²) in [6.07, 6.45) is -0.220. The highest BCUT2D eigenvalue weighted by Crippen LogP contribution is 2.38. The summed E-state index contributed by atoms with van der Waals surface area (Å²) in [4.78, 5) is 38.9. The van der Waals surface area contributed by atoms with Gasteiger partial charge in [-0.25, -0.2) is 0 Å². The van der Waals surface area contributed by atoms with Crippen LogP contribution in [0.5, 0.6) is 0 Å². The fourth-order valence-corrected chi connectivity index (χ4v) is 2.95. The quantitative estimate of drug-likeness (QED) is 0.589. The predicted octanol–water partition coefficient (Wildman–Crippen LogP) is 2.09. The number of rotatable bonds is 6. The van der Waals surface area contributed by atoms with Crippen molar-refractivity contribution in [3.63, 3.8) is 0 Å². The van der Waals surface area contributed by atoms with Gasteiger partial charge in [-0.05, 0) is 26.3 Å². The van der Waals surface area contributed by atoms with E-state index >= 15 is 0 Å². The van der Waals surface area contributed by atoms with Gasteiger partial charge < -0.3 is 14.4 Å². The number of esters is 2. The van der Waals surface area contributed by atoms with Gasteiger partial charge in [0, 0.05) is 6.54 Å². The molecule has 1 saturated heterocycles. The van der Waals surface area contributed by atoms with Gasteiger partial charge >= 0.3 is 11.9 Å². The van der Waals surface area contributed by atoms with E-state index in [2.05, 4.69) is 0 Å². The van der Waals surface area contributed by atoms with Gasteiger partial charge in [0.05, 0.1) is 25.7 Å². The molecule has 0 radical (unpaired) electrons. The first kappa shape index (κ1) is 18.0. The van der Waals surface area contributed by atoms with E-state index in [1.165, 1.54) is 0 Å². The number of carbonyl (C=O) groups excluding carboxylic acids is 3. The molecule has 0 saturated carbocycles. The van der Waals surface area contributed by atoms with Crippen LogP contribution in [0.25, 0.3) is 0 Å². The summed E-state index contributed by atoms with van der Waals surface area (Å²) in [6.45, 7) is 5.46. The molecule has 1 aliphatic heterocycles. The van der Waals surface area contributed by atoms with Crippen LogP contribution in [0.2, 0.25) is 0 Å². The second-order valence-electron chi connectivity index (χ2n) is 5.81. The fourth-order valence-electron chi connectivity index (χ4n) is 2.95. The molecule has 0 aliphatic carbocycles. The summed E-state index contributed by atoms with van der Waals surface area (Å²) < 4.78 is 10.1. The van der Waals surface area contributed by atoms with E-state index in [0.29, 0.717) is 0 Å². The molecule has 1 amide bonds. The third-order valence-electron chi connectivity index (χ3n) is 4.30. The van der Waals surface area contributed by atoms with Gasteiger partial charge in [-0.2, -0.15) is 0 Å². The lowest BCUT2D eigenvalue weighted by atomic mass is 9.87. The Morgan fingerprint density at radius 3 is 2.17 bits per heavy atom. The highest BCUT2D eigenvalue weighted by Gasteiger charge is 2.57. The molecule has 130 valence electrons. The number of hydrogen-bond acceptors (Lipinski definition) is 5. The molecule has 1 aliphatic rings. The number of amides is 1. The predicted molar refractivity (Wildman–Crippen MR) is 86.9 cm³/mol. The molecule has 1 atom stereocenters. The first-order chi connectivity index (χ1) is 11.5. The second-order valence-corrected chi connectivity index (χ2v) is 5.81. The molecule has 0 aromatic heterocycles. The van der Waals surface area contributed by atoms with Crippen LogP contribution >= 0.6 is 0 Å². The molecule has 1 aromatic rings. The first-order valence-electron chi connectivity index (χ1n) is 8.15. The number of nitrogens with zero attached hydrogens (tertiary/aromatic N) is 1. The van der Waals surface area contributed by atoms with Crippen molar-refractivity contribution in [3.8, 4) is 0 Å². The zero-order chi connectivity index (χ0) is 17.7. The Bertz CT molecular complexity index is 595. The lowest BCUT2D eigenvalue weighted by molar-refractivity contribution is -0.171. The lowest BCUT2D eigenvalue weighted by Gasteiger charge is -2.28. The monoisotopic (exact) mass is 333 g/mol. The Morgan fingerprint density at radius 1 is 1.12 bits per heavy atom. The molecule has 0 unspecified atom stereocenters. The number of benzene rings is 1. The Morgan fingerprint density at radius 2 is 1.67 bits per heavy atom. The van der Waals surface area contributed by atoms with Crippen molar-refractivity contribution >= 4 is 17.8 Å². The van der Waals surface area contributed by atoms with Crippen LogP contribution in [-0.2, 0) is 23.9 Å². The lowest BCUT2D eigenvalue weighted by Crippen LogP contribution is -2.44. The molecule has 6 nitrogen and oxygen atoms in total. The van der Waals surface area contributed by atoms with Crippen LogP contribution < -0.4 is 0 Å². The summed E-state index contributed by atoms with van der Waals surface area (Å²) in [6, 6.07) is 9.24. The molecule has 24 heavy (non-hydrogen) atoms. The van der Waals surface area contributed by atoms with E-state index < -0.39 is 17.4 Å². The highest BCUT2D eigenvalue weighted by atomic mass is 16.6. The van der Waals surface area contributed by atoms with E-state index in [-0.39, 0.29) is 38.1 Å². The molecule has 0 spiro atoms. The molecule has 6 heteroatoms. The summed E-state index contributed by atoms with van der Waals surface area (Å²) in [5.74, 6) is -1.65. The van der Waals surface area contributed by atoms with Crippen LogP contribution in [0.15, 0.2) is 30.3 Å². The van der Waals surface area contributed by atoms with E-state index in [1.807, 2.05) is 37.3 Å². The Kier molecular flexibility index (Phi) is 5.59. The molecular weight excluding hydrogens is 310 g/mol. The van der Waals surface area contributed by atoms with Crippen LogP contribution in [0.1, 0.15) is 38.8 Å². The van der Waals surface area contributed by atoms with Crippen LogP contribution in [0.4, 0.5) is 0 Å². The van der Waals surface area contributed by atoms with Crippen LogP contribution in [-0.4, -0.2) is 42.5 Å². The van der Waals surface area contributed by atoms with Crippen molar-refractivity contribution in [2.75, 3.05) is 19.8 Å². The number of ether oxygens (including phenoxy) is 2. The number of carbonyl (C=O) groups is 3. The largest absolute Gasteiger partial charge is 0.465 e. The number of hydrogen-bond donors (Lipinski definition) is 0. The molecule has 1 aromatic carbocycles. The van der Waals surface area contributed by atoms with Gasteiger partial charge in [0.15, 0.2) is 5.41 Å².